The summed E-state index contributed by atoms with van der Waals surface area (Å²) in [5.74, 6) is 0.829. The summed E-state index contributed by atoms with van der Waals surface area (Å²) in [6.45, 7) is 5.32. The predicted molar refractivity (Wildman–Crippen MR) is 99.3 cm³/mol. The molecule has 2 heterocycles. The minimum absolute atomic E-state index is 0.0510. The lowest BCUT2D eigenvalue weighted by Gasteiger charge is -2.36. The van der Waals surface area contributed by atoms with Crippen LogP contribution in [0.2, 0.25) is 0 Å². The molecule has 26 heavy (non-hydrogen) atoms. The van der Waals surface area contributed by atoms with E-state index in [-0.39, 0.29) is 12.0 Å². The summed E-state index contributed by atoms with van der Waals surface area (Å²) in [5, 5.41) is 7.22. The van der Waals surface area contributed by atoms with E-state index in [1.165, 1.54) is 0 Å². The van der Waals surface area contributed by atoms with E-state index < -0.39 is 5.41 Å². The average Bonchev–Trinajstić information content (AvgIpc) is 3.14. The molecule has 0 bridgehead atoms. The van der Waals surface area contributed by atoms with Crippen LogP contribution in [-0.4, -0.2) is 44.6 Å². The molecule has 2 aliphatic heterocycles. The van der Waals surface area contributed by atoms with E-state index >= 15 is 0 Å². The molecule has 1 saturated heterocycles. The van der Waals surface area contributed by atoms with Crippen molar-refractivity contribution in [1.29, 1.82) is 0 Å². The molecule has 1 amide bonds. The lowest BCUT2D eigenvalue weighted by molar-refractivity contribution is -0.139. The molecule has 1 aromatic rings. The van der Waals surface area contributed by atoms with Crippen molar-refractivity contribution >= 4 is 11.6 Å². The van der Waals surface area contributed by atoms with Gasteiger partial charge in [0.2, 0.25) is 5.91 Å². The van der Waals surface area contributed by atoms with E-state index in [0.29, 0.717) is 45.4 Å². The third-order valence-electron chi connectivity index (χ3n) is 5.11. The quantitative estimate of drug-likeness (QED) is 0.761. The molecule has 6 nitrogen and oxygen atoms in total. The summed E-state index contributed by atoms with van der Waals surface area (Å²) in [6.07, 6.45) is 4.25. The van der Waals surface area contributed by atoms with Crippen LogP contribution in [0.1, 0.15) is 31.2 Å². The average molecular weight is 358 g/mol. The van der Waals surface area contributed by atoms with Crippen LogP contribution < -0.4 is 10.1 Å². The molecule has 1 fully saturated rings. The Morgan fingerprint density at radius 2 is 2.19 bits per heavy atom. The van der Waals surface area contributed by atoms with Gasteiger partial charge in [-0.25, -0.2) is 0 Å². The third-order valence-corrected chi connectivity index (χ3v) is 5.11. The molecule has 140 valence electrons. The molecule has 1 atom stereocenters. The van der Waals surface area contributed by atoms with Gasteiger partial charge >= 0.3 is 0 Å². The fraction of sp³-hybridized carbons (Fsp3) is 0.500. The first-order valence-electron chi connectivity index (χ1n) is 9.01. The van der Waals surface area contributed by atoms with E-state index in [4.69, 9.17) is 14.3 Å². The second kappa shape index (κ2) is 8.36. The van der Waals surface area contributed by atoms with Crippen LogP contribution in [0.25, 0.3) is 0 Å². The molecule has 2 aliphatic rings. The predicted octanol–water partition coefficient (Wildman–Crippen LogP) is 2.68. The summed E-state index contributed by atoms with van der Waals surface area (Å²) in [7, 11) is 1.65. The first-order valence-corrected chi connectivity index (χ1v) is 9.01. The van der Waals surface area contributed by atoms with Crippen molar-refractivity contribution in [1.82, 2.24) is 5.32 Å². The van der Waals surface area contributed by atoms with E-state index in [9.17, 15) is 4.79 Å². The molecule has 3 rings (SSSR count). The number of hydrogen-bond acceptors (Lipinski definition) is 5. The molecular formula is C20H26N2O4. The molecule has 0 unspecified atom stereocenters. The van der Waals surface area contributed by atoms with Gasteiger partial charge in [0.25, 0.3) is 0 Å². The molecular weight excluding hydrogens is 332 g/mol. The maximum absolute atomic E-state index is 12.8. The van der Waals surface area contributed by atoms with Crippen molar-refractivity contribution in [3.8, 4) is 5.75 Å². The summed E-state index contributed by atoms with van der Waals surface area (Å²) in [5.41, 5.74) is 1.33. The molecule has 6 heteroatoms. The summed E-state index contributed by atoms with van der Waals surface area (Å²) in [4.78, 5) is 18.5. The van der Waals surface area contributed by atoms with Crippen LogP contribution in [0.5, 0.6) is 5.75 Å². The highest BCUT2D eigenvalue weighted by atomic mass is 16.6. The second-order valence-electron chi connectivity index (χ2n) is 6.77. The van der Waals surface area contributed by atoms with Crippen molar-refractivity contribution in [2.75, 3.05) is 26.9 Å². The fourth-order valence-electron chi connectivity index (χ4n) is 3.65. The highest BCUT2D eigenvalue weighted by Gasteiger charge is 2.43. The van der Waals surface area contributed by atoms with Crippen LogP contribution in [0.3, 0.4) is 0 Å². The fourth-order valence-corrected chi connectivity index (χ4v) is 3.65. The maximum Gasteiger partial charge on any atom is 0.226 e. The number of benzene rings is 1. The Morgan fingerprint density at radius 3 is 2.92 bits per heavy atom. The first kappa shape index (κ1) is 18.5. The highest BCUT2D eigenvalue weighted by molar-refractivity contribution is 6.03. The molecule has 0 aliphatic carbocycles. The van der Waals surface area contributed by atoms with Gasteiger partial charge in [0, 0.05) is 38.2 Å². The van der Waals surface area contributed by atoms with Gasteiger partial charge in [-0.2, -0.15) is 0 Å². The van der Waals surface area contributed by atoms with Gasteiger partial charge in [-0.15, -0.1) is 6.58 Å². The Morgan fingerprint density at radius 1 is 1.42 bits per heavy atom. The first-order chi connectivity index (χ1) is 12.7. The van der Waals surface area contributed by atoms with Gasteiger partial charge in [-0.1, -0.05) is 23.4 Å². The summed E-state index contributed by atoms with van der Waals surface area (Å²) < 4.78 is 10.9. The topological polar surface area (TPSA) is 69.2 Å². The van der Waals surface area contributed by atoms with Crippen molar-refractivity contribution in [3.05, 3.63) is 42.5 Å². The van der Waals surface area contributed by atoms with Crippen molar-refractivity contribution in [2.45, 2.75) is 31.8 Å². The standard InChI is InChI=1S/C20H26N2O4/c1-3-10-21-19(23)20(8-11-25-12-9-20)14-15-13-17(22-26-15)16-6-4-5-7-18(16)24-2/h3-7,15H,1,8-14H2,2H3,(H,21,23)/t15-/m1/s1. The Balaban J connectivity index is 1.69. The number of oxime groups is 1. The van der Waals surface area contributed by atoms with E-state index in [1.54, 1.807) is 13.2 Å². The molecule has 1 N–H and O–H groups in total. The van der Waals surface area contributed by atoms with Gasteiger partial charge in [0.05, 0.1) is 18.2 Å². The van der Waals surface area contributed by atoms with Crippen LogP contribution in [-0.2, 0) is 14.4 Å². The summed E-state index contributed by atoms with van der Waals surface area (Å²) >= 11 is 0. The lowest BCUT2D eigenvalue weighted by Crippen LogP contribution is -2.46. The van der Waals surface area contributed by atoms with Crippen molar-refractivity contribution < 1.29 is 19.1 Å². The number of hydrogen-bond donors (Lipinski definition) is 1. The van der Waals surface area contributed by atoms with Gasteiger partial charge in [0.15, 0.2) is 0 Å². The van der Waals surface area contributed by atoms with Crippen LogP contribution in [0, 0.1) is 5.41 Å². The number of nitrogens with zero attached hydrogens (tertiary/aromatic N) is 1. The molecule has 0 spiro atoms. The molecule has 0 aromatic heterocycles. The normalized spacial score (nSPS) is 21.4. The molecule has 1 aromatic carbocycles. The number of methoxy groups -OCH3 is 1. The largest absolute Gasteiger partial charge is 0.496 e. The third kappa shape index (κ3) is 3.90. The lowest BCUT2D eigenvalue weighted by atomic mass is 9.74. The van der Waals surface area contributed by atoms with Gasteiger partial charge in [0.1, 0.15) is 11.9 Å². The van der Waals surface area contributed by atoms with Crippen molar-refractivity contribution in [3.63, 3.8) is 0 Å². The van der Waals surface area contributed by atoms with Gasteiger partial charge in [-0.05, 0) is 25.0 Å². The van der Waals surface area contributed by atoms with Crippen LogP contribution in [0.15, 0.2) is 42.1 Å². The number of rotatable bonds is 7. The second-order valence-corrected chi connectivity index (χ2v) is 6.77. The van der Waals surface area contributed by atoms with Crippen molar-refractivity contribution in [2.24, 2.45) is 10.6 Å². The Labute approximate surface area is 154 Å². The Hall–Kier alpha value is -2.34. The number of ether oxygens (including phenoxy) is 2. The Bertz CT molecular complexity index is 680. The zero-order chi connectivity index (χ0) is 18.4. The molecule has 0 saturated carbocycles. The monoisotopic (exact) mass is 358 g/mol. The zero-order valence-electron chi connectivity index (χ0n) is 15.2. The number of amides is 1. The van der Waals surface area contributed by atoms with Crippen LogP contribution >= 0.6 is 0 Å². The highest BCUT2D eigenvalue weighted by Crippen LogP contribution is 2.39. The van der Waals surface area contributed by atoms with Crippen LogP contribution in [0.4, 0.5) is 0 Å². The minimum atomic E-state index is -0.475. The minimum Gasteiger partial charge on any atom is -0.496 e. The number of para-hydroxylation sites is 1. The summed E-state index contributed by atoms with van der Waals surface area (Å²) in [6, 6.07) is 7.77. The molecule has 0 radical (unpaired) electrons. The number of carbonyl (C=O) groups excluding carboxylic acids is 1. The SMILES string of the molecule is C=CCNC(=O)C1(C[C@H]2CC(c3ccccc3OC)=NO2)CCOCC1. The maximum atomic E-state index is 12.8. The van der Waals surface area contributed by atoms with E-state index in [0.717, 1.165) is 17.0 Å². The number of carbonyl (C=O) groups is 1. The van der Waals surface area contributed by atoms with Gasteiger partial charge < -0.3 is 19.6 Å². The number of nitrogens with one attached hydrogen (secondary N) is 1. The smallest absolute Gasteiger partial charge is 0.226 e. The Kier molecular flexibility index (Phi) is 5.93. The zero-order valence-corrected chi connectivity index (χ0v) is 15.2. The van der Waals surface area contributed by atoms with E-state index in [1.807, 2.05) is 24.3 Å². The van der Waals surface area contributed by atoms with Gasteiger partial charge in [-0.3, -0.25) is 4.79 Å². The van der Waals surface area contributed by atoms with E-state index in [2.05, 4.69) is 17.1 Å².